The highest BCUT2D eigenvalue weighted by Gasteiger charge is 2.12. The molecule has 0 amide bonds. The second-order valence-corrected chi connectivity index (χ2v) is 6.97. The van der Waals surface area contributed by atoms with Gasteiger partial charge in [0.2, 0.25) is 0 Å². The molecule has 1 unspecified atom stereocenters. The third-order valence-electron chi connectivity index (χ3n) is 3.56. The number of nitrogens with one attached hydrogen (secondary N) is 1. The summed E-state index contributed by atoms with van der Waals surface area (Å²) in [5, 5.41) is 3.53. The summed E-state index contributed by atoms with van der Waals surface area (Å²) in [7, 11) is 1.66. The maximum absolute atomic E-state index is 5.62. The van der Waals surface area contributed by atoms with E-state index in [0.29, 0.717) is 6.61 Å². The number of hydrogen-bond acceptors (Lipinski definition) is 3. The van der Waals surface area contributed by atoms with Crippen LogP contribution in [0.25, 0.3) is 0 Å². The minimum Gasteiger partial charge on any atom is -0.493 e. The van der Waals surface area contributed by atoms with E-state index in [9.17, 15) is 0 Å². The highest BCUT2D eigenvalue weighted by atomic mass is 79.9. The van der Waals surface area contributed by atoms with Gasteiger partial charge in [0.15, 0.2) is 11.5 Å². The normalized spacial score (nSPS) is 12.0. The largest absolute Gasteiger partial charge is 0.493 e. The highest BCUT2D eigenvalue weighted by Crippen LogP contribution is 2.36. The van der Waals surface area contributed by atoms with Gasteiger partial charge in [0.05, 0.1) is 18.2 Å². The smallest absolute Gasteiger partial charge is 0.175 e. The molecule has 5 heteroatoms. The molecule has 124 valence electrons. The fraction of sp³-hybridized carbons (Fsp3) is 0.333. The van der Waals surface area contributed by atoms with Crippen LogP contribution in [0.1, 0.15) is 31.0 Å². The molecular formula is C18H21Br2NO2. The highest BCUT2D eigenvalue weighted by molar-refractivity contribution is 9.10. The number of benzene rings is 2. The first-order valence-electron chi connectivity index (χ1n) is 7.53. The van der Waals surface area contributed by atoms with Crippen LogP contribution in [-0.4, -0.2) is 13.7 Å². The Morgan fingerprint density at radius 2 is 1.83 bits per heavy atom. The Kier molecular flexibility index (Phi) is 6.93. The van der Waals surface area contributed by atoms with Gasteiger partial charge in [-0.05, 0) is 65.2 Å². The van der Waals surface area contributed by atoms with Crippen LogP contribution < -0.4 is 14.8 Å². The minimum atomic E-state index is 0.263. The molecule has 0 heterocycles. The van der Waals surface area contributed by atoms with E-state index in [1.807, 2.05) is 13.0 Å². The van der Waals surface area contributed by atoms with Crippen LogP contribution in [0.3, 0.4) is 0 Å². The van der Waals surface area contributed by atoms with Gasteiger partial charge >= 0.3 is 0 Å². The third kappa shape index (κ3) is 4.96. The molecule has 0 aliphatic carbocycles. The van der Waals surface area contributed by atoms with E-state index in [1.165, 1.54) is 5.56 Å². The molecule has 0 radical (unpaired) electrons. The second-order valence-electron chi connectivity index (χ2n) is 5.20. The monoisotopic (exact) mass is 441 g/mol. The standard InChI is InChI=1S/C18H21Br2NO2/c1-4-23-18-16(20)9-13(10-17(18)22-3)11-21-12(2)14-5-7-15(19)8-6-14/h5-10,12,21H,4,11H2,1-3H3. The molecule has 0 aliphatic heterocycles. The summed E-state index contributed by atoms with van der Waals surface area (Å²) < 4.78 is 13.1. The molecule has 0 spiro atoms. The molecule has 0 aliphatic rings. The van der Waals surface area contributed by atoms with Crippen molar-refractivity contribution < 1.29 is 9.47 Å². The lowest BCUT2D eigenvalue weighted by atomic mass is 10.1. The lowest BCUT2D eigenvalue weighted by Crippen LogP contribution is -2.18. The van der Waals surface area contributed by atoms with Crippen molar-refractivity contribution in [2.75, 3.05) is 13.7 Å². The molecule has 0 aromatic heterocycles. The maximum Gasteiger partial charge on any atom is 0.175 e. The first-order valence-corrected chi connectivity index (χ1v) is 9.11. The van der Waals surface area contributed by atoms with Gasteiger partial charge in [-0.25, -0.2) is 0 Å². The number of halogens is 2. The van der Waals surface area contributed by atoms with Gasteiger partial charge in [0.25, 0.3) is 0 Å². The van der Waals surface area contributed by atoms with Crippen molar-refractivity contribution in [1.29, 1.82) is 0 Å². The van der Waals surface area contributed by atoms with Crippen molar-refractivity contribution in [3.63, 3.8) is 0 Å². The van der Waals surface area contributed by atoms with Gasteiger partial charge in [0, 0.05) is 17.1 Å². The van der Waals surface area contributed by atoms with E-state index in [2.05, 4.69) is 74.4 Å². The maximum atomic E-state index is 5.62. The van der Waals surface area contributed by atoms with Gasteiger partial charge in [-0.15, -0.1) is 0 Å². The Bertz CT molecular complexity index is 644. The molecule has 2 aromatic carbocycles. The Morgan fingerprint density at radius 1 is 1.13 bits per heavy atom. The van der Waals surface area contributed by atoms with E-state index < -0.39 is 0 Å². The van der Waals surface area contributed by atoms with Gasteiger partial charge in [-0.1, -0.05) is 28.1 Å². The van der Waals surface area contributed by atoms with Crippen LogP contribution in [0.2, 0.25) is 0 Å². The van der Waals surface area contributed by atoms with E-state index in [1.54, 1.807) is 7.11 Å². The molecule has 1 atom stereocenters. The van der Waals surface area contributed by atoms with Crippen molar-refractivity contribution >= 4 is 31.9 Å². The van der Waals surface area contributed by atoms with Crippen LogP contribution in [0.15, 0.2) is 45.3 Å². The Hall–Kier alpha value is -1.04. The molecule has 23 heavy (non-hydrogen) atoms. The SMILES string of the molecule is CCOc1c(Br)cc(CNC(C)c2ccc(Br)cc2)cc1OC. The van der Waals surface area contributed by atoms with E-state index in [0.717, 1.165) is 32.6 Å². The first kappa shape index (κ1) is 18.3. The average molecular weight is 443 g/mol. The van der Waals surface area contributed by atoms with Gasteiger partial charge in [-0.2, -0.15) is 0 Å². The lowest BCUT2D eigenvalue weighted by molar-refractivity contribution is 0.308. The summed E-state index contributed by atoms with van der Waals surface area (Å²) in [5.74, 6) is 1.49. The van der Waals surface area contributed by atoms with Crippen molar-refractivity contribution in [2.24, 2.45) is 0 Å². The minimum absolute atomic E-state index is 0.263. The van der Waals surface area contributed by atoms with Crippen molar-refractivity contribution in [3.8, 4) is 11.5 Å². The fourth-order valence-electron chi connectivity index (χ4n) is 2.30. The van der Waals surface area contributed by atoms with Gasteiger partial charge in [0.1, 0.15) is 0 Å². The van der Waals surface area contributed by atoms with Crippen LogP contribution >= 0.6 is 31.9 Å². The number of methoxy groups -OCH3 is 1. The molecule has 3 nitrogen and oxygen atoms in total. The summed E-state index contributed by atoms with van der Waals surface area (Å²) in [6.07, 6.45) is 0. The van der Waals surface area contributed by atoms with Crippen LogP contribution in [-0.2, 0) is 6.54 Å². The lowest BCUT2D eigenvalue weighted by Gasteiger charge is -2.17. The van der Waals surface area contributed by atoms with E-state index >= 15 is 0 Å². The zero-order valence-corrected chi connectivity index (χ0v) is 16.7. The summed E-state index contributed by atoms with van der Waals surface area (Å²) in [6, 6.07) is 12.7. The van der Waals surface area contributed by atoms with Crippen LogP contribution in [0.4, 0.5) is 0 Å². The Morgan fingerprint density at radius 3 is 2.43 bits per heavy atom. The number of ether oxygens (including phenoxy) is 2. The molecule has 2 rings (SSSR count). The van der Waals surface area contributed by atoms with Crippen LogP contribution in [0, 0.1) is 0 Å². The van der Waals surface area contributed by atoms with Crippen molar-refractivity contribution in [1.82, 2.24) is 5.32 Å². The second kappa shape index (κ2) is 8.71. The summed E-state index contributed by atoms with van der Waals surface area (Å²) in [5.41, 5.74) is 2.39. The molecule has 0 fully saturated rings. The number of hydrogen-bond donors (Lipinski definition) is 1. The van der Waals surface area contributed by atoms with Crippen molar-refractivity contribution in [3.05, 3.63) is 56.5 Å². The third-order valence-corrected chi connectivity index (χ3v) is 4.68. The predicted octanol–water partition coefficient (Wildman–Crippen LogP) is 5.47. The van der Waals surface area contributed by atoms with E-state index in [-0.39, 0.29) is 6.04 Å². The molecule has 0 saturated carbocycles. The van der Waals surface area contributed by atoms with Gasteiger partial charge < -0.3 is 14.8 Å². The molecule has 0 bridgehead atoms. The zero-order valence-electron chi connectivity index (χ0n) is 13.5. The van der Waals surface area contributed by atoms with Crippen LogP contribution in [0.5, 0.6) is 11.5 Å². The Labute approximate surface area is 154 Å². The molecule has 2 aromatic rings. The average Bonchev–Trinajstić information content (AvgIpc) is 2.55. The Balaban J connectivity index is 2.08. The van der Waals surface area contributed by atoms with Crippen molar-refractivity contribution in [2.45, 2.75) is 26.4 Å². The quantitative estimate of drug-likeness (QED) is 0.616. The van der Waals surface area contributed by atoms with Gasteiger partial charge in [-0.3, -0.25) is 0 Å². The first-order chi connectivity index (χ1) is 11.0. The number of rotatable bonds is 7. The summed E-state index contributed by atoms with van der Waals surface area (Å²) in [6.45, 7) is 5.47. The predicted molar refractivity (Wildman–Crippen MR) is 101 cm³/mol. The zero-order chi connectivity index (χ0) is 16.8. The summed E-state index contributed by atoms with van der Waals surface area (Å²) in [4.78, 5) is 0. The summed E-state index contributed by atoms with van der Waals surface area (Å²) >= 11 is 7.02. The fourth-order valence-corrected chi connectivity index (χ4v) is 3.17. The van der Waals surface area contributed by atoms with E-state index in [4.69, 9.17) is 9.47 Å². The topological polar surface area (TPSA) is 30.5 Å². The molecular weight excluding hydrogens is 422 g/mol. The molecule has 0 saturated heterocycles. The molecule has 1 N–H and O–H groups in total.